The number of rotatable bonds is 17. The van der Waals surface area contributed by atoms with Gasteiger partial charge in [-0.25, -0.2) is 5.48 Å². The van der Waals surface area contributed by atoms with Gasteiger partial charge in [0.15, 0.2) is 6.29 Å². The number of aliphatic hydroxyl groups is 1. The molecule has 0 aliphatic carbocycles. The molecule has 3 unspecified atom stereocenters. The van der Waals surface area contributed by atoms with Gasteiger partial charge in [0, 0.05) is 44.5 Å². The molecule has 3 atom stereocenters. The van der Waals surface area contributed by atoms with E-state index in [2.05, 4.69) is 65.8 Å². The highest BCUT2D eigenvalue weighted by Crippen LogP contribution is 2.39. The fraction of sp³-hybridized carbons (Fsp3) is 0.366. The summed E-state index contributed by atoms with van der Waals surface area (Å²) < 4.78 is 13.3. The number of unbranched alkanes of at least 4 members (excludes halogenated alkanes) is 3. The maximum Gasteiger partial charge on any atom is 0.243 e. The number of nitrogens with zero attached hydrogens (tertiary/aromatic N) is 1. The zero-order valence-electron chi connectivity index (χ0n) is 28.8. The predicted molar refractivity (Wildman–Crippen MR) is 193 cm³/mol. The Morgan fingerprint density at radius 1 is 0.740 bits per heavy atom. The van der Waals surface area contributed by atoms with Crippen LogP contribution in [0.2, 0.25) is 0 Å². The zero-order chi connectivity index (χ0) is 35.1. The normalized spacial score (nSPS) is 17.4. The minimum atomic E-state index is -0.560. The molecule has 2 amide bonds. The molecule has 0 spiro atoms. The van der Waals surface area contributed by atoms with Crippen LogP contribution in [0.1, 0.15) is 85.2 Å². The lowest BCUT2D eigenvalue weighted by atomic mass is 9.98. The highest BCUT2D eigenvalue weighted by molar-refractivity contribution is 5.76. The molecule has 9 nitrogen and oxygen atoms in total. The lowest BCUT2D eigenvalue weighted by molar-refractivity contribution is -0.252. The van der Waals surface area contributed by atoms with E-state index in [1.54, 1.807) is 5.48 Å². The summed E-state index contributed by atoms with van der Waals surface area (Å²) in [6.45, 7) is 2.01. The number of hydrogen-bond donors (Lipinski definition) is 4. The number of hydroxylamine groups is 1. The summed E-state index contributed by atoms with van der Waals surface area (Å²) in [5.41, 5.74) is 8.83. The van der Waals surface area contributed by atoms with E-state index in [0.717, 1.165) is 65.7 Å². The van der Waals surface area contributed by atoms with Crippen molar-refractivity contribution in [2.75, 3.05) is 13.6 Å². The summed E-state index contributed by atoms with van der Waals surface area (Å²) in [7, 11) is 2.12. The second-order valence-corrected chi connectivity index (χ2v) is 13.1. The lowest BCUT2D eigenvalue weighted by Gasteiger charge is -2.38. The van der Waals surface area contributed by atoms with Crippen LogP contribution in [-0.2, 0) is 38.8 Å². The molecular weight excluding hydrogens is 630 g/mol. The fourth-order valence-corrected chi connectivity index (χ4v) is 6.34. The molecule has 1 fully saturated rings. The Morgan fingerprint density at radius 2 is 1.42 bits per heavy atom. The number of amides is 2. The van der Waals surface area contributed by atoms with Crippen molar-refractivity contribution in [1.29, 1.82) is 0 Å². The van der Waals surface area contributed by atoms with Crippen molar-refractivity contribution in [3.8, 4) is 11.1 Å². The largest absolute Gasteiger partial charge is 0.392 e. The molecule has 50 heavy (non-hydrogen) atoms. The van der Waals surface area contributed by atoms with E-state index >= 15 is 0 Å². The zero-order valence-corrected chi connectivity index (χ0v) is 28.8. The SMILES string of the molecule is CN(Cc1ccccc1)CC1CC(c2ccc(CO)cc2)OC(c2cccc(-c3cccc(CNC(=O)CCCCCCC(=O)NO)c3)c2)O1. The summed E-state index contributed by atoms with van der Waals surface area (Å²) >= 11 is 0. The molecular formula is C41H49N3O6. The van der Waals surface area contributed by atoms with Gasteiger partial charge in [0.05, 0.1) is 18.8 Å². The summed E-state index contributed by atoms with van der Waals surface area (Å²) in [6.07, 6.45) is 3.78. The number of likely N-dealkylation sites (N-methyl/N-ethyl adjacent to an activating group) is 1. The van der Waals surface area contributed by atoms with Gasteiger partial charge in [-0.15, -0.1) is 0 Å². The van der Waals surface area contributed by atoms with Crippen molar-refractivity contribution in [2.45, 2.75) is 83.1 Å². The number of carbonyl (C=O) groups excluding carboxylic acids is 2. The van der Waals surface area contributed by atoms with Gasteiger partial charge in [0.25, 0.3) is 0 Å². The van der Waals surface area contributed by atoms with Crippen LogP contribution in [0.5, 0.6) is 0 Å². The number of nitrogens with one attached hydrogen (secondary N) is 2. The summed E-state index contributed by atoms with van der Waals surface area (Å²) in [5.74, 6) is -0.379. The molecule has 1 aliphatic heterocycles. The van der Waals surface area contributed by atoms with Crippen LogP contribution in [0.25, 0.3) is 11.1 Å². The van der Waals surface area contributed by atoms with Gasteiger partial charge >= 0.3 is 0 Å². The minimum Gasteiger partial charge on any atom is -0.392 e. The number of ether oxygens (including phenoxy) is 2. The summed E-state index contributed by atoms with van der Waals surface area (Å²) in [5, 5.41) is 21.2. The average molecular weight is 680 g/mol. The summed E-state index contributed by atoms with van der Waals surface area (Å²) in [6, 6.07) is 34.8. The van der Waals surface area contributed by atoms with Crippen LogP contribution in [0.4, 0.5) is 0 Å². The van der Waals surface area contributed by atoms with Crippen LogP contribution in [0, 0.1) is 0 Å². The van der Waals surface area contributed by atoms with Crippen LogP contribution in [-0.4, -0.2) is 46.7 Å². The topological polar surface area (TPSA) is 120 Å². The number of aliphatic hydroxyl groups excluding tert-OH is 1. The first-order chi connectivity index (χ1) is 24.4. The van der Waals surface area contributed by atoms with Crippen molar-refractivity contribution in [3.05, 3.63) is 131 Å². The first-order valence-electron chi connectivity index (χ1n) is 17.5. The van der Waals surface area contributed by atoms with Gasteiger partial charge < -0.3 is 19.9 Å². The van der Waals surface area contributed by atoms with E-state index < -0.39 is 6.29 Å². The fourth-order valence-electron chi connectivity index (χ4n) is 6.34. The Hall–Kier alpha value is -4.38. The number of carbonyl (C=O) groups is 2. The first kappa shape index (κ1) is 36.9. The number of benzene rings is 4. The van der Waals surface area contributed by atoms with Gasteiger partial charge in [-0.1, -0.05) is 104 Å². The molecule has 9 heteroatoms. The molecule has 1 saturated heterocycles. The van der Waals surface area contributed by atoms with E-state index in [1.807, 2.05) is 54.6 Å². The molecule has 264 valence electrons. The molecule has 0 saturated carbocycles. The lowest BCUT2D eigenvalue weighted by Crippen LogP contribution is -2.37. The van der Waals surface area contributed by atoms with Gasteiger partial charge in [-0.2, -0.15) is 0 Å². The highest BCUT2D eigenvalue weighted by Gasteiger charge is 2.33. The monoisotopic (exact) mass is 679 g/mol. The Morgan fingerprint density at radius 3 is 2.14 bits per heavy atom. The maximum absolute atomic E-state index is 12.5. The molecule has 4 aromatic carbocycles. The van der Waals surface area contributed by atoms with E-state index in [-0.39, 0.29) is 37.0 Å². The van der Waals surface area contributed by atoms with Gasteiger partial charge in [-0.05, 0) is 65.4 Å². The molecule has 4 aromatic rings. The first-order valence-corrected chi connectivity index (χ1v) is 17.5. The Balaban J connectivity index is 1.22. The molecule has 5 rings (SSSR count). The molecule has 0 bridgehead atoms. The Kier molecular flexibility index (Phi) is 14.1. The predicted octanol–water partition coefficient (Wildman–Crippen LogP) is 6.99. The van der Waals surface area contributed by atoms with Crippen molar-refractivity contribution >= 4 is 11.8 Å². The maximum atomic E-state index is 12.5. The van der Waals surface area contributed by atoms with Gasteiger partial charge in [0.2, 0.25) is 11.8 Å². The quantitative estimate of drug-likeness (QED) is 0.0540. The van der Waals surface area contributed by atoms with Crippen molar-refractivity contribution in [3.63, 3.8) is 0 Å². The van der Waals surface area contributed by atoms with Crippen LogP contribution in [0.15, 0.2) is 103 Å². The molecule has 4 N–H and O–H groups in total. The molecule has 1 aliphatic rings. The standard InChI is InChI=1S/C41H49N3O6/c1-44(27-30-11-5-4-6-12-30)28-37-25-38(33-21-19-31(29-45)20-22-33)50-41(49-37)36-16-10-15-35(24-36)34-14-9-13-32(23-34)26-42-39(46)17-7-2-3-8-18-40(47)43-48/h4-6,9-16,19-24,37-38,41,45,48H,2-3,7-8,17-18,25-29H2,1H3,(H,42,46)(H,43,47). The second kappa shape index (κ2) is 19.1. The third kappa shape index (κ3) is 11.3. The third-order valence-corrected chi connectivity index (χ3v) is 9.02. The Bertz CT molecular complexity index is 1650. The van der Waals surface area contributed by atoms with Crippen LogP contribution >= 0.6 is 0 Å². The van der Waals surface area contributed by atoms with Gasteiger partial charge in [0.1, 0.15) is 0 Å². The van der Waals surface area contributed by atoms with Crippen LogP contribution < -0.4 is 10.8 Å². The highest BCUT2D eigenvalue weighted by atomic mass is 16.7. The van der Waals surface area contributed by atoms with E-state index in [0.29, 0.717) is 25.8 Å². The third-order valence-electron chi connectivity index (χ3n) is 9.02. The van der Waals surface area contributed by atoms with Crippen molar-refractivity contribution in [1.82, 2.24) is 15.7 Å². The second-order valence-electron chi connectivity index (χ2n) is 13.1. The van der Waals surface area contributed by atoms with Crippen molar-refractivity contribution < 1.29 is 29.4 Å². The summed E-state index contributed by atoms with van der Waals surface area (Å²) in [4.78, 5) is 25.9. The van der Waals surface area contributed by atoms with Crippen molar-refractivity contribution in [2.24, 2.45) is 0 Å². The van der Waals surface area contributed by atoms with Crippen LogP contribution in [0.3, 0.4) is 0 Å². The molecule has 0 aromatic heterocycles. The number of hydrogen-bond acceptors (Lipinski definition) is 7. The Labute approximate surface area is 295 Å². The van der Waals surface area contributed by atoms with E-state index in [1.165, 1.54) is 5.56 Å². The molecule has 1 heterocycles. The molecule has 0 radical (unpaired) electrons. The van der Waals surface area contributed by atoms with E-state index in [9.17, 15) is 14.7 Å². The average Bonchev–Trinajstić information content (AvgIpc) is 3.15. The van der Waals surface area contributed by atoms with E-state index in [4.69, 9.17) is 14.7 Å². The van der Waals surface area contributed by atoms with Gasteiger partial charge in [-0.3, -0.25) is 19.7 Å². The minimum absolute atomic E-state index is 0.00131. The smallest absolute Gasteiger partial charge is 0.243 e.